The molecule has 8 atom stereocenters. The number of nitrogens with zero attached hydrogens (tertiary/aromatic N) is 4. The van der Waals surface area contributed by atoms with E-state index in [4.69, 9.17) is 0 Å². The number of rotatable bonds is 22. The van der Waals surface area contributed by atoms with Crippen molar-refractivity contribution < 1.29 is 9.90 Å². The molecule has 4 aliphatic heterocycles. The first-order valence-corrected chi connectivity index (χ1v) is 16.3. The van der Waals surface area contributed by atoms with Crippen molar-refractivity contribution in [3.8, 4) is 0 Å². The fraction of sp³-hybridized carbons (Fsp3) is 0.968. The van der Waals surface area contributed by atoms with Gasteiger partial charge >= 0.3 is 5.97 Å². The molecule has 1 N–H and O–H groups in total. The summed E-state index contributed by atoms with van der Waals surface area (Å²) in [5, 5.41) is 11.2. The van der Waals surface area contributed by atoms with Crippen LogP contribution in [0.5, 0.6) is 0 Å². The lowest BCUT2D eigenvalue weighted by Crippen LogP contribution is -2.67. The van der Waals surface area contributed by atoms with Gasteiger partial charge in [0.1, 0.15) is 6.17 Å². The highest BCUT2D eigenvalue weighted by Gasteiger charge is 2.72. The number of hydrogen-bond donors (Lipinski definition) is 1. The zero-order valence-corrected chi connectivity index (χ0v) is 24.7. The Kier molecular flexibility index (Phi) is 10.8. The van der Waals surface area contributed by atoms with Gasteiger partial charge in [-0.1, -0.05) is 105 Å². The number of carbonyl (C=O) groups is 1. The van der Waals surface area contributed by atoms with E-state index in [-0.39, 0.29) is 6.17 Å². The van der Waals surface area contributed by atoms with Crippen LogP contribution in [0.15, 0.2) is 0 Å². The Morgan fingerprint density at radius 1 is 0.622 bits per heavy atom. The van der Waals surface area contributed by atoms with Crippen LogP contribution >= 0.6 is 0 Å². The molecule has 4 heterocycles. The Hall–Kier alpha value is -0.690. The molecule has 6 heteroatoms. The fourth-order valence-corrected chi connectivity index (χ4v) is 7.19. The fourth-order valence-electron chi connectivity index (χ4n) is 7.19. The summed E-state index contributed by atoms with van der Waals surface area (Å²) < 4.78 is 0. The van der Waals surface area contributed by atoms with E-state index < -0.39 is 11.6 Å². The van der Waals surface area contributed by atoms with Gasteiger partial charge in [-0.05, 0) is 25.7 Å². The van der Waals surface area contributed by atoms with Gasteiger partial charge < -0.3 is 5.11 Å². The molecule has 0 bridgehead atoms. The highest BCUT2D eigenvalue weighted by atomic mass is 16.4. The maximum Gasteiger partial charge on any atom is 0.342 e. The minimum atomic E-state index is -0.868. The third-order valence-corrected chi connectivity index (χ3v) is 9.69. The Balaban J connectivity index is 1.56. The summed E-state index contributed by atoms with van der Waals surface area (Å²) in [4.78, 5) is 23.8. The van der Waals surface area contributed by atoms with Crippen LogP contribution < -0.4 is 0 Å². The van der Waals surface area contributed by atoms with Crippen LogP contribution in [0, 0.1) is 0 Å². The predicted molar refractivity (Wildman–Crippen MR) is 153 cm³/mol. The van der Waals surface area contributed by atoms with Gasteiger partial charge in [-0.2, -0.15) is 0 Å². The molecule has 37 heavy (non-hydrogen) atoms. The Morgan fingerprint density at radius 3 is 1.30 bits per heavy atom. The van der Waals surface area contributed by atoms with E-state index in [1.165, 1.54) is 89.9 Å². The van der Waals surface area contributed by atoms with Gasteiger partial charge in [0.25, 0.3) is 0 Å². The molecule has 8 unspecified atom stereocenters. The molecule has 0 radical (unpaired) electrons. The van der Waals surface area contributed by atoms with E-state index in [0.29, 0.717) is 24.2 Å². The first-order valence-electron chi connectivity index (χ1n) is 16.3. The number of carboxylic acid groups (broad SMARTS) is 1. The lowest BCUT2D eigenvalue weighted by molar-refractivity contribution is -0.165. The Morgan fingerprint density at radius 2 is 0.973 bits per heavy atom. The van der Waals surface area contributed by atoms with Crippen molar-refractivity contribution in [2.75, 3.05) is 26.2 Å². The predicted octanol–water partition coefficient (Wildman–Crippen LogP) is 6.15. The quantitative estimate of drug-likeness (QED) is 0.137. The molecule has 4 aliphatic rings. The number of unbranched alkanes of at least 4 members (excludes halogenated alkanes) is 8. The van der Waals surface area contributed by atoms with Gasteiger partial charge in [0, 0.05) is 50.3 Å². The van der Waals surface area contributed by atoms with Crippen LogP contribution in [0.25, 0.3) is 0 Å². The van der Waals surface area contributed by atoms with Gasteiger partial charge in [0.15, 0.2) is 0 Å². The Labute approximate surface area is 228 Å². The molecule has 6 nitrogen and oxygen atoms in total. The molecule has 4 fully saturated rings. The second kappa shape index (κ2) is 13.6. The molecular formula is C31H58N4O2. The summed E-state index contributed by atoms with van der Waals surface area (Å²) in [6.07, 6.45) is 19.8. The largest absolute Gasteiger partial charge is 0.479 e. The normalized spacial score (nSPS) is 36.1. The molecule has 4 rings (SSSR count). The van der Waals surface area contributed by atoms with E-state index in [9.17, 15) is 9.90 Å². The highest BCUT2D eigenvalue weighted by molar-refractivity contribution is 5.81. The third kappa shape index (κ3) is 6.91. The summed E-state index contributed by atoms with van der Waals surface area (Å²) >= 11 is 0. The van der Waals surface area contributed by atoms with Gasteiger partial charge in [0.05, 0.1) is 0 Å². The molecule has 0 aromatic heterocycles. The van der Waals surface area contributed by atoms with Gasteiger partial charge in [-0.15, -0.1) is 0 Å². The molecule has 0 aromatic carbocycles. The second-order valence-corrected chi connectivity index (χ2v) is 12.7. The number of hydrogen-bond acceptors (Lipinski definition) is 5. The third-order valence-electron chi connectivity index (χ3n) is 9.69. The minimum Gasteiger partial charge on any atom is -0.479 e. The lowest BCUT2D eigenvalue weighted by atomic mass is 10.0. The van der Waals surface area contributed by atoms with Crippen molar-refractivity contribution in [1.29, 1.82) is 0 Å². The van der Waals surface area contributed by atoms with Crippen molar-refractivity contribution in [3.63, 3.8) is 0 Å². The van der Waals surface area contributed by atoms with Crippen LogP contribution in [0.2, 0.25) is 0 Å². The van der Waals surface area contributed by atoms with Gasteiger partial charge in [-0.25, -0.2) is 4.79 Å². The summed E-state index contributed by atoms with van der Waals surface area (Å²) in [5.74, 6) is -0.577. The highest BCUT2D eigenvalue weighted by Crippen LogP contribution is 2.51. The van der Waals surface area contributed by atoms with Crippen LogP contribution in [-0.4, -0.2) is 92.9 Å². The van der Waals surface area contributed by atoms with Crippen LogP contribution in [0.4, 0.5) is 0 Å². The average Bonchev–Trinajstić information content (AvgIpc) is 3.67. The van der Waals surface area contributed by atoms with Crippen LogP contribution in [0.1, 0.15) is 130 Å². The Bertz CT molecular complexity index is 669. The lowest BCUT2D eigenvalue weighted by Gasteiger charge is -2.43. The molecule has 0 aromatic rings. The molecule has 0 spiro atoms. The summed E-state index contributed by atoms with van der Waals surface area (Å²) in [5.41, 5.74) is -0.868. The van der Waals surface area contributed by atoms with E-state index >= 15 is 0 Å². The van der Waals surface area contributed by atoms with Gasteiger partial charge in [-0.3, -0.25) is 19.6 Å². The SMILES string of the molecule is CCCCCC1CN1C(N1CC1CCCCC)C(C(=O)O)(N1CC1CCCCC)N1CC1CCCCC. The maximum absolute atomic E-state index is 13.6. The zero-order chi connectivity index (χ0) is 26.4. The maximum atomic E-state index is 13.6. The van der Waals surface area contributed by atoms with Crippen molar-refractivity contribution in [3.05, 3.63) is 0 Å². The number of carboxylic acids is 1. The smallest absolute Gasteiger partial charge is 0.342 e. The summed E-state index contributed by atoms with van der Waals surface area (Å²) in [6, 6.07) is 2.03. The van der Waals surface area contributed by atoms with E-state index in [1.54, 1.807) is 0 Å². The average molecular weight is 519 g/mol. The van der Waals surface area contributed by atoms with Crippen LogP contribution in [-0.2, 0) is 4.79 Å². The van der Waals surface area contributed by atoms with E-state index in [1.807, 2.05) is 0 Å². The first-order chi connectivity index (χ1) is 18.0. The van der Waals surface area contributed by atoms with Crippen molar-refractivity contribution in [2.24, 2.45) is 0 Å². The molecular weight excluding hydrogens is 460 g/mol. The zero-order valence-electron chi connectivity index (χ0n) is 24.7. The van der Waals surface area contributed by atoms with Crippen molar-refractivity contribution >= 4 is 5.97 Å². The summed E-state index contributed by atoms with van der Waals surface area (Å²) in [6.45, 7) is 13.2. The molecule has 0 amide bonds. The van der Waals surface area contributed by atoms with Crippen molar-refractivity contribution in [1.82, 2.24) is 19.6 Å². The monoisotopic (exact) mass is 518 g/mol. The first kappa shape index (κ1) is 29.3. The van der Waals surface area contributed by atoms with E-state index in [2.05, 4.69) is 47.3 Å². The standard InChI is InChI=1S/C31H58N4O2/c1-5-9-13-17-25-21-32(25)29(33-22-26(33)18-14-10-6-2)31(30(36)37,34-23-27(34)19-15-11-7-3)35-24-28(35)20-16-12-8-4/h25-29H,5-24H2,1-4H3,(H,36,37). The van der Waals surface area contributed by atoms with Gasteiger partial charge in [0.2, 0.25) is 5.66 Å². The van der Waals surface area contributed by atoms with Crippen molar-refractivity contribution in [2.45, 2.75) is 166 Å². The van der Waals surface area contributed by atoms with E-state index in [0.717, 1.165) is 39.0 Å². The molecule has 0 saturated carbocycles. The second-order valence-electron chi connectivity index (χ2n) is 12.7. The van der Waals surface area contributed by atoms with Crippen LogP contribution in [0.3, 0.4) is 0 Å². The molecule has 4 saturated heterocycles. The molecule has 0 aliphatic carbocycles. The summed E-state index contributed by atoms with van der Waals surface area (Å²) in [7, 11) is 0. The topological polar surface area (TPSA) is 49.3 Å². The number of aliphatic carboxylic acids is 1. The molecule has 214 valence electrons. The minimum absolute atomic E-state index is 0.00982.